The van der Waals surface area contributed by atoms with Crippen molar-refractivity contribution in [3.05, 3.63) is 16.6 Å². The molecular weight excluding hydrogens is 300 g/mol. The molecule has 2 fully saturated rings. The highest BCUT2D eigenvalue weighted by Gasteiger charge is 2.35. The molecule has 0 spiro atoms. The molecule has 2 aliphatic heterocycles. The number of amides is 3. The molecule has 1 aromatic rings. The molecule has 1 aromatic heterocycles. The van der Waals surface area contributed by atoms with Crippen LogP contribution in [0.5, 0.6) is 0 Å². The summed E-state index contributed by atoms with van der Waals surface area (Å²) in [6.07, 6.45) is 6.44. The summed E-state index contributed by atoms with van der Waals surface area (Å²) >= 11 is 1.63. The van der Waals surface area contributed by atoms with Crippen LogP contribution < -0.4 is 5.73 Å². The second kappa shape index (κ2) is 6.64. The van der Waals surface area contributed by atoms with Crippen molar-refractivity contribution in [2.75, 3.05) is 19.6 Å². The number of rotatable bonds is 2. The Labute approximate surface area is 134 Å². The zero-order chi connectivity index (χ0) is 15.5. The number of urea groups is 1. The van der Waals surface area contributed by atoms with Crippen molar-refractivity contribution in [1.82, 2.24) is 14.8 Å². The largest absolute Gasteiger partial charge is 0.351 e. The van der Waals surface area contributed by atoms with Gasteiger partial charge in [-0.2, -0.15) is 0 Å². The number of thiazole rings is 1. The summed E-state index contributed by atoms with van der Waals surface area (Å²) in [5, 5.41) is 3.01. The van der Waals surface area contributed by atoms with Crippen LogP contribution in [0.3, 0.4) is 0 Å². The Balaban J connectivity index is 1.66. The highest BCUT2D eigenvalue weighted by Crippen LogP contribution is 2.34. The molecule has 3 rings (SSSR count). The van der Waals surface area contributed by atoms with Crippen molar-refractivity contribution in [3.63, 3.8) is 0 Å². The Hall–Kier alpha value is -1.63. The molecule has 6 nitrogen and oxygen atoms in total. The average molecular weight is 322 g/mol. The van der Waals surface area contributed by atoms with E-state index < -0.39 is 0 Å². The fourth-order valence-electron chi connectivity index (χ4n) is 3.43. The van der Waals surface area contributed by atoms with Crippen LogP contribution in [0.2, 0.25) is 0 Å². The van der Waals surface area contributed by atoms with E-state index in [9.17, 15) is 9.59 Å². The van der Waals surface area contributed by atoms with Gasteiger partial charge in [-0.15, -0.1) is 11.3 Å². The number of piperidine rings is 2. The Morgan fingerprint density at radius 3 is 2.59 bits per heavy atom. The van der Waals surface area contributed by atoms with Crippen LogP contribution in [0.15, 0.2) is 11.6 Å². The van der Waals surface area contributed by atoms with Crippen LogP contribution in [-0.4, -0.2) is 46.4 Å². The van der Waals surface area contributed by atoms with Crippen molar-refractivity contribution < 1.29 is 9.59 Å². The average Bonchev–Trinajstić information content (AvgIpc) is 3.08. The fraction of sp³-hybridized carbons (Fsp3) is 0.667. The van der Waals surface area contributed by atoms with Crippen LogP contribution in [-0.2, 0) is 4.79 Å². The third-order valence-electron chi connectivity index (χ3n) is 4.68. The summed E-state index contributed by atoms with van der Waals surface area (Å²) in [6.45, 7) is 1.99. The third kappa shape index (κ3) is 3.09. The van der Waals surface area contributed by atoms with E-state index in [2.05, 4.69) is 4.98 Å². The number of carbonyl (C=O) groups excluding carboxylic acids is 2. The first-order valence-electron chi connectivity index (χ1n) is 7.91. The quantitative estimate of drug-likeness (QED) is 0.904. The molecule has 1 atom stereocenters. The normalized spacial score (nSPS) is 23.5. The lowest BCUT2D eigenvalue weighted by molar-refractivity contribution is -0.140. The van der Waals surface area contributed by atoms with Crippen LogP contribution in [0, 0.1) is 5.92 Å². The maximum absolute atomic E-state index is 12.9. The standard InChI is InChI=1S/C15H22N4O2S/c16-15(21)18-8-4-11(5-9-18)14(20)19-7-2-1-3-12(19)13-17-6-10-22-13/h6,10-12H,1-5,7-9H2,(H2,16,21). The predicted octanol–water partition coefficient (Wildman–Crippen LogP) is 1.99. The van der Waals surface area contributed by atoms with E-state index in [4.69, 9.17) is 5.73 Å². The number of hydrogen-bond donors (Lipinski definition) is 1. The monoisotopic (exact) mass is 322 g/mol. The Kier molecular flexibility index (Phi) is 4.61. The van der Waals surface area contributed by atoms with E-state index in [1.807, 2.05) is 16.5 Å². The first kappa shape index (κ1) is 15.3. The molecule has 3 heterocycles. The van der Waals surface area contributed by atoms with Gasteiger partial charge in [0.2, 0.25) is 5.91 Å². The van der Waals surface area contributed by atoms with Crippen LogP contribution in [0.1, 0.15) is 43.2 Å². The molecule has 1 unspecified atom stereocenters. The summed E-state index contributed by atoms with van der Waals surface area (Å²) in [5.74, 6) is 0.236. The van der Waals surface area contributed by atoms with Crippen molar-refractivity contribution in [1.29, 1.82) is 0 Å². The zero-order valence-corrected chi connectivity index (χ0v) is 13.4. The molecular formula is C15H22N4O2S. The van der Waals surface area contributed by atoms with Gasteiger partial charge in [0.1, 0.15) is 5.01 Å². The molecule has 0 aliphatic carbocycles. The molecule has 0 aromatic carbocycles. The minimum Gasteiger partial charge on any atom is -0.351 e. The predicted molar refractivity (Wildman–Crippen MR) is 84.3 cm³/mol. The van der Waals surface area contributed by atoms with E-state index in [-0.39, 0.29) is 23.9 Å². The minimum atomic E-state index is -0.385. The van der Waals surface area contributed by atoms with Gasteiger partial charge >= 0.3 is 6.03 Å². The summed E-state index contributed by atoms with van der Waals surface area (Å²) in [4.78, 5) is 32.1. The number of nitrogens with zero attached hydrogens (tertiary/aromatic N) is 3. The first-order chi connectivity index (χ1) is 10.7. The SMILES string of the molecule is NC(=O)N1CCC(C(=O)N2CCCCC2c2nccs2)CC1. The minimum absolute atomic E-state index is 0.0103. The summed E-state index contributed by atoms with van der Waals surface area (Å²) in [7, 11) is 0. The van der Waals surface area contributed by atoms with E-state index in [0.717, 1.165) is 30.8 Å². The lowest BCUT2D eigenvalue weighted by Gasteiger charge is -2.39. The number of carbonyl (C=O) groups is 2. The van der Waals surface area contributed by atoms with Gasteiger partial charge in [0.15, 0.2) is 0 Å². The molecule has 0 radical (unpaired) electrons. The maximum atomic E-state index is 12.9. The Bertz CT molecular complexity index is 526. The third-order valence-corrected chi connectivity index (χ3v) is 5.56. The Morgan fingerprint density at radius 1 is 1.18 bits per heavy atom. The molecule has 0 bridgehead atoms. The molecule has 3 amide bonds. The molecule has 22 heavy (non-hydrogen) atoms. The number of hydrogen-bond acceptors (Lipinski definition) is 4. The highest BCUT2D eigenvalue weighted by molar-refractivity contribution is 7.09. The molecule has 2 saturated heterocycles. The van der Waals surface area contributed by atoms with E-state index in [1.165, 1.54) is 0 Å². The number of primary amides is 1. The second-order valence-corrected chi connectivity index (χ2v) is 6.94. The van der Waals surface area contributed by atoms with Crippen molar-refractivity contribution >= 4 is 23.3 Å². The molecule has 7 heteroatoms. The summed E-state index contributed by atoms with van der Waals surface area (Å²) < 4.78 is 0. The van der Waals surface area contributed by atoms with Gasteiger partial charge in [-0.1, -0.05) is 0 Å². The number of likely N-dealkylation sites (tertiary alicyclic amines) is 2. The molecule has 0 saturated carbocycles. The summed E-state index contributed by atoms with van der Waals surface area (Å²) in [5.41, 5.74) is 5.30. The second-order valence-electron chi connectivity index (χ2n) is 6.01. The van der Waals surface area contributed by atoms with E-state index >= 15 is 0 Å². The van der Waals surface area contributed by atoms with Gasteiger partial charge in [-0.05, 0) is 32.1 Å². The van der Waals surface area contributed by atoms with Gasteiger partial charge in [-0.25, -0.2) is 9.78 Å². The smallest absolute Gasteiger partial charge is 0.314 e. The van der Waals surface area contributed by atoms with Gasteiger partial charge in [0.25, 0.3) is 0 Å². The molecule has 120 valence electrons. The van der Waals surface area contributed by atoms with Gasteiger partial charge in [-0.3, -0.25) is 4.79 Å². The van der Waals surface area contributed by atoms with E-state index in [1.54, 1.807) is 16.2 Å². The maximum Gasteiger partial charge on any atom is 0.314 e. The fourth-order valence-corrected chi connectivity index (χ4v) is 4.22. The van der Waals surface area contributed by atoms with Crippen LogP contribution in [0.25, 0.3) is 0 Å². The highest BCUT2D eigenvalue weighted by atomic mass is 32.1. The first-order valence-corrected chi connectivity index (χ1v) is 8.79. The zero-order valence-electron chi connectivity index (χ0n) is 12.6. The van der Waals surface area contributed by atoms with Crippen LogP contribution >= 0.6 is 11.3 Å². The van der Waals surface area contributed by atoms with Gasteiger partial charge < -0.3 is 15.5 Å². The van der Waals surface area contributed by atoms with Crippen molar-refractivity contribution in [3.8, 4) is 0 Å². The topological polar surface area (TPSA) is 79.5 Å². The lowest BCUT2D eigenvalue weighted by atomic mass is 9.92. The van der Waals surface area contributed by atoms with Crippen molar-refractivity contribution in [2.24, 2.45) is 11.7 Å². The summed E-state index contributed by atoms with van der Waals surface area (Å²) in [6, 6.07) is -0.250. The van der Waals surface area contributed by atoms with Gasteiger partial charge in [0.05, 0.1) is 6.04 Å². The van der Waals surface area contributed by atoms with Gasteiger partial charge in [0, 0.05) is 37.1 Å². The van der Waals surface area contributed by atoms with Crippen LogP contribution in [0.4, 0.5) is 4.79 Å². The number of aromatic nitrogens is 1. The van der Waals surface area contributed by atoms with Crippen molar-refractivity contribution in [2.45, 2.75) is 38.1 Å². The van der Waals surface area contributed by atoms with E-state index in [0.29, 0.717) is 25.9 Å². The lowest BCUT2D eigenvalue weighted by Crippen LogP contribution is -2.47. The molecule has 2 N–H and O–H groups in total. The molecule has 2 aliphatic rings. The Morgan fingerprint density at radius 2 is 1.95 bits per heavy atom. The number of nitrogens with two attached hydrogens (primary N) is 1.